The van der Waals surface area contributed by atoms with Gasteiger partial charge in [-0.25, -0.2) is 4.79 Å². The summed E-state index contributed by atoms with van der Waals surface area (Å²) in [7, 11) is 0. The van der Waals surface area contributed by atoms with Crippen LogP contribution in [0.5, 0.6) is 0 Å². The van der Waals surface area contributed by atoms with Crippen LogP contribution in [-0.2, 0) is 9.59 Å². The van der Waals surface area contributed by atoms with E-state index >= 15 is 0 Å². The number of hydrogen-bond acceptors (Lipinski definition) is 3. The normalized spacial score (nSPS) is 10.9. The van der Waals surface area contributed by atoms with Crippen LogP contribution in [0.3, 0.4) is 0 Å². The summed E-state index contributed by atoms with van der Waals surface area (Å²) in [5, 5.41) is 11.5. The molecule has 5 heteroatoms. The highest BCUT2D eigenvalue weighted by Gasteiger charge is 2.10. The highest BCUT2D eigenvalue weighted by Crippen LogP contribution is 2.15. The number of benzene rings is 1. The predicted octanol–water partition coefficient (Wildman–Crippen LogP) is 2.14. The second-order valence-electron chi connectivity index (χ2n) is 5.00. The molecule has 0 unspecified atom stereocenters. The highest BCUT2D eigenvalue weighted by atomic mass is 16.4. The molecule has 5 nitrogen and oxygen atoms in total. The topological polar surface area (TPSA) is 69.6 Å². The standard InChI is InChI=1S/C16H22N2O3/c1-4-18(11-15(19)17-12(2)3)14-8-5-13(6-9-14)7-10-16(20)21/h5-10,12H,4,11H2,1-3H3,(H,17,19)(H,20,21). The van der Waals surface area contributed by atoms with E-state index in [2.05, 4.69) is 5.32 Å². The fourth-order valence-electron chi connectivity index (χ4n) is 1.89. The van der Waals surface area contributed by atoms with Gasteiger partial charge in [0.05, 0.1) is 6.54 Å². The van der Waals surface area contributed by atoms with Crippen LogP contribution >= 0.6 is 0 Å². The van der Waals surface area contributed by atoms with Crippen LogP contribution in [-0.4, -0.2) is 36.1 Å². The Morgan fingerprint density at radius 1 is 1.29 bits per heavy atom. The van der Waals surface area contributed by atoms with Gasteiger partial charge < -0.3 is 15.3 Å². The van der Waals surface area contributed by atoms with Crippen LogP contribution in [0.2, 0.25) is 0 Å². The summed E-state index contributed by atoms with van der Waals surface area (Å²) in [4.78, 5) is 24.2. The molecule has 0 fully saturated rings. The van der Waals surface area contributed by atoms with Crippen molar-refractivity contribution < 1.29 is 14.7 Å². The third-order valence-corrected chi connectivity index (χ3v) is 2.84. The van der Waals surface area contributed by atoms with Gasteiger partial charge in [0.1, 0.15) is 0 Å². The fraction of sp³-hybridized carbons (Fsp3) is 0.375. The molecule has 1 aromatic carbocycles. The zero-order chi connectivity index (χ0) is 15.8. The predicted molar refractivity (Wildman–Crippen MR) is 84.3 cm³/mol. The molecule has 1 aromatic rings. The average Bonchev–Trinajstić information content (AvgIpc) is 2.42. The molecule has 0 radical (unpaired) electrons. The molecule has 0 atom stereocenters. The number of nitrogens with one attached hydrogen (secondary N) is 1. The summed E-state index contributed by atoms with van der Waals surface area (Å²) in [5.41, 5.74) is 1.74. The van der Waals surface area contributed by atoms with Gasteiger partial charge in [0.15, 0.2) is 0 Å². The van der Waals surface area contributed by atoms with E-state index < -0.39 is 5.97 Å². The maximum Gasteiger partial charge on any atom is 0.328 e. The zero-order valence-corrected chi connectivity index (χ0v) is 12.7. The van der Waals surface area contributed by atoms with Crippen molar-refractivity contribution in [2.24, 2.45) is 0 Å². The molecule has 0 bridgehead atoms. The number of carbonyl (C=O) groups excluding carboxylic acids is 1. The molecule has 0 saturated heterocycles. The third-order valence-electron chi connectivity index (χ3n) is 2.84. The minimum Gasteiger partial charge on any atom is -0.478 e. The average molecular weight is 290 g/mol. The molecular formula is C16H22N2O3. The molecule has 1 rings (SSSR count). The first-order valence-electron chi connectivity index (χ1n) is 6.97. The van der Waals surface area contributed by atoms with Gasteiger partial charge in [-0.3, -0.25) is 4.79 Å². The lowest BCUT2D eigenvalue weighted by atomic mass is 10.2. The summed E-state index contributed by atoms with van der Waals surface area (Å²) in [5.74, 6) is -0.985. The maximum atomic E-state index is 11.8. The van der Waals surface area contributed by atoms with Crippen molar-refractivity contribution in [1.29, 1.82) is 0 Å². The number of rotatable bonds is 7. The Labute approximate surface area is 125 Å². The summed E-state index contributed by atoms with van der Waals surface area (Å²) < 4.78 is 0. The first kappa shape index (κ1) is 16.8. The molecule has 0 aliphatic rings. The lowest BCUT2D eigenvalue weighted by molar-refractivity contribution is -0.131. The molecule has 114 valence electrons. The van der Waals surface area contributed by atoms with E-state index in [1.54, 1.807) is 0 Å². The monoisotopic (exact) mass is 290 g/mol. The van der Waals surface area contributed by atoms with E-state index in [9.17, 15) is 9.59 Å². The number of likely N-dealkylation sites (N-methyl/N-ethyl adjacent to an activating group) is 1. The van der Waals surface area contributed by atoms with Crippen molar-refractivity contribution >= 4 is 23.6 Å². The molecule has 2 N–H and O–H groups in total. The summed E-state index contributed by atoms with van der Waals surface area (Å²) in [6.45, 7) is 6.87. The van der Waals surface area contributed by atoms with Crippen LogP contribution in [0.4, 0.5) is 5.69 Å². The minimum atomic E-state index is -0.973. The third kappa shape index (κ3) is 6.12. The van der Waals surface area contributed by atoms with E-state index in [0.29, 0.717) is 6.54 Å². The minimum absolute atomic E-state index is 0.0123. The van der Waals surface area contributed by atoms with Crippen molar-refractivity contribution in [3.05, 3.63) is 35.9 Å². The molecule has 0 spiro atoms. The molecule has 0 saturated carbocycles. The molecular weight excluding hydrogens is 268 g/mol. The highest BCUT2D eigenvalue weighted by molar-refractivity contribution is 5.85. The lowest BCUT2D eigenvalue weighted by Gasteiger charge is -2.23. The number of aliphatic carboxylic acids is 1. The van der Waals surface area contributed by atoms with E-state index in [-0.39, 0.29) is 11.9 Å². The van der Waals surface area contributed by atoms with Gasteiger partial charge in [-0.15, -0.1) is 0 Å². The Balaban J connectivity index is 2.73. The van der Waals surface area contributed by atoms with Gasteiger partial charge in [-0.2, -0.15) is 0 Å². The van der Waals surface area contributed by atoms with E-state index in [0.717, 1.165) is 23.9 Å². The molecule has 0 aliphatic carbocycles. The second-order valence-corrected chi connectivity index (χ2v) is 5.00. The van der Waals surface area contributed by atoms with Crippen LogP contribution in [0.15, 0.2) is 30.3 Å². The van der Waals surface area contributed by atoms with Gasteiger partial charge in [0.25, 0.3) is 0 Å². The summed E-state index contributed by atoms with van der Waals surface area (Å²) in [6.07, 6.45) is 2.64. The van der Waals surface area contributed by atoms with Crippen LogP contribution < -0.4 is 10.2 Å². The Bertz CT molecular complexity index is 507. The van der Waals surface area contributed by atoms with E-state index in [4.69, 9.17) is 5.11 Å². The Kier molecular flexibility index (Phi) is 6.46. The summed E-state index contributed by atoms with van der Waals surface area (Å²) >= 11 is 0. The second kappa shape index (κ2) is 8.09. The van der Waals surface area contributed by atoms with Crippen molar-refractivity contribution in [1.82, 2.24) is 5.32 Å². The maximum absolute atomic E-state index is 11.8. The number of carbonyl (C=O) groups is 2. The van der Waals surface area contributed by atoms with E-state index in [1.165, 1.54) is 6.08 Å². The van der Waals surface area contributed by atoms with Crippen molar-refractivity contribution in [3.8, 4) is 0 Å². The van der Waals surface area contributed by atoms with Gasteiger partial charge in [-0.05, 0) is 44.5 Å². The molecule has 0 aromatic heterocycles. The number of carboxylic acid groups (broad SMARTS) is 1. The summed E-state index contributed by atoms with van der Waals surface area (Å²) in [6, 6.07) is 7.55. The molecule has 21 heavy (non-hydrogen) atoms. The number of hydrogen-bond donors (Lipinski definition) is 2. The largest absolute Gasteiger partial charge is 0.478 e. The van der Waals surface area contributed by atoms with Crippen LogP contribution in [0, 0.1) is 0 Å². The number of carboxylic acids is 1. The SMILES string of the molecule is CCN(CC(=O)NC(C)C)c1ccc(C=CC(=O)O)cc1. The molecule has 0 aliphatic heterocycles. The van der Waals surface area contributed by atoms with Crippen molar-refractivity contribution in [3.63, 3.8) is 0 Å². The number of amides is 1. The zero-order valence-electron chi connectivity index (χ0n) is 12.7. The number of anilines is 1. The van der Waals surface area contributed by atoms with E-state index in [1.807, 2.05) is 49.9 Å². The van der Waals surface area contributed by atoms with Crippen LogP contribution in [0.1, 0.15) is 26.3 Å². The molecule has 0 heterocycles. The Hall–Kier alpha value is -2.30. The van der Waals surface area contributed by atoms with Crippen LogP contribution in [0.25, 0.3) is 6.08 Å². The fourth-order valence-corrected chi connectivity index (χ4v) is 1.89. The van der Waals surface area contributed by atoms with Gasteiger partial charge in [-0.1, -0.05) is 12.1 Å². The van der Waals surface area contributed by atoms with Crippen molar-refractivity contribution in [2.45, 2.75) is 26.8 Å². The number of nitrogens with zero attached hydrogens (tertiary/aromatic N) is 1. The van der Waals surface area contributed by atoms with Gasteiger partial charge in [0.2, 0.25) is 5.91 Å². The smallest absolute Gasteiger partial charge is 0.328 e. The first-order chi connectivity index (χ1) is 9.92. The Morgan fingerprint density at radius 2 is 1.90 bits per heavy atom. The Morgan fingerprint density at radius 3 is 2.38 bits per heavy atom. The quantitative estimate of drug-likeness (QED) is 0.755. The lowest BCUT2D eigenvalue weighted by Crippen LogP contribution is -2.40. The molecule has 1 amide bonds. The van der Waals surface area contributed by atoms with Gasteiger partial charge >= 0.3 is 5.97 Å². The van der Waals surface area contributed by atoms with Gasteiger partial charge in [0, 0.05) is 24.4 Å². The first-order valence-corrected chi connectivity index (χ1v) is 6.97. The van der Waals surface area contributed by atoms with Crippen molar-refractivity contribution in [2.75, 3.05) is 18.0 Å².